The van der Waals surface area contributed by atoms with Crippen LogP contribution in [0.25, 0.3) is 0 Å². The van der Waals surface area contributed by atoms with Gasteiger partial charge < -0.3 is 57.4 Å². The fraction of sp³-hybridized carbons (Fsp3) is 0.507. The number of amides is 6. The van der Waals surface area contributed by atoms with Gasteiger partial charge >= 0.3 is 0 Å². The van der Waals surface area contributed by atoms with E-state index in [2.05, 4.69) is 42.5 Å². The van der Waals surface area contributed by atoms with Gasteiger partial charge in [-0.3, -0.25) is 47.9 Å². The smallest absolute Gasteiger partial charge is 0.253 e. The number of nitrogens with one attached hydrogen (secondary N) is 8. The molecule has 0 spiro atoms. The molecular weight excluding hydrogens is 1190 g/mol. The lowest BCUT2D eigenvalue weighted by atomic mass is 9.77. The van der Waals surface area contributed by atoms with Gasteiger partial charge in [-0.25, -0.2) is 0 Å². The highest BCUT2D eigenvalue weighted by Crippen LogP contribution is 2.40. The number of hydrogen-bond acceptors (Lipinski definition) is 15. The van der Waals surface area contributed by atoms with Gasteiger partial charge in [-0.2, -0.15) is 0 Å². The molecule has 21 heteroatoms. The van der Waals surface area contributed by atoms with E-state index < -0.39 is 76.3 Å². The first kappa shape index (κ1) is 69.9. The lowest BCUT2D eigenvalue weighted by molar-refractivity contribution is -0.145. The molecule has 10 atom stereocenters. The van der Waals surface area contributed by atoms with Crippen molar-refractivity contribution in [1.82, 2.24) is 41.7 Å². The van der Waals surface area contributed by atoms with Crippen LogP contribution in [0.2, 0.25) is 0 Å². The van der Waals surface area contributed by atoms with Crippen LogP contribution in [-0.4, -0.2) is 151 Å². The molecule has 0 radical (unpaired) electrons. The minimum atomic E-state index is -1.65. The summed E-state index contributed by atoms with van der Waals surface area (Å²) in [5, 5.41) is 34.7. The molecule has 502 valence electrons. The summed E-state index contributed by atoms with van der Waals surface area (Å²) >= 11 is 0. The van der Waals surface area contributed by atoms with E-state index in [1.165, 1.54) is 0 Å². The van der Waals surface area contributed by atoms with E-state index in [0.29, 0.717) is 108 Å². The second-order valence-electron chi connectivity index (χ2n) is 25.7. The van der Waals surface area contributed by atoms with Crippen LogP contribution in [0.4, 0.5) is 11.4 Å². The van der Waals surface area contributed by atoms with Crippen LogP contribution in [0.3, 0.4) is 0 Å². The minimum absolute atomic E-state index is 0.0344. The summed E-state index contributed by atoms with van der Waals surface area (Å²) in [5.41, 5.74) is 0.385. The van der Waals surface area contributed by atoms with E-state index in [4.69, 9.17) is 0 Å². The number of likely N-dealkylation sites (N-methyl/N-ethyl adjacent to an activating group) is 2. The summed E-state index contributed by atoms with van der Waals surface area (Å²) < 4.78 is 0. The molecule has 9 N–H and O–H groups in total. The molecule has 94 heavy (non-hydrogen) atoms. The highest BCUT2D eigenvalue weighted by molar-refractivity contribution is 6.00. The first-order chi connectivity index (χ1) is 45.6. The van der Waals surface area contributed by atoms with E-state index in [1.807, 2.05) is 86.6 Å². The molecule has 5 aromatic carbocycles. The number of carbonyl (C=O) groups excluding carboxylic acids is 8. The van der Waals surface area contributed by atoms with Crippen LogP contribution in [0.1, 0.15) is 151 Å². The monoisotopic (exact) mass is 1290 g/mol. The van der Waals surface area contributed by atoms with Crippen LogP contribution in [0, 0.1) is 11.8 Å². The topological polar surface area (TPSA) is 294 Å². The normalized spacial score (nSPS) is 21.9. The third kappa shape index (κ3) is 15.9. The maximum Gasteiger partial charge on any atom is 0.253 e. The number of nitrogens with zero attached hydrogens (tertiary/aromatic N) is 2. The van der Waals surface area contributed by atoms with Gasteiger partial charge in [0, 0.05) is 75.3 Å². The maximum absolute atomic E-state index is 15.1. The summed E-state index contributed by atoms with van der Waals surface area (Å²) in [4.78, 5) is 144. The highest BCUT2D eigenvalue weighted by Gasteiger charge is 2.52. The van der Waals surface area contributed by atoms with Crippen molar-refractivity contribution in [1.29, 1.82) is 0 Å². The van der Waals surface area contributed by atoms with E-state index in [0.717, 1.165) is 11.1 Å². The van der Waals surface area contributed by atoms with Crippen LogP contribution in [-0.2, 0) is 43.9 Å². The zero-order valence-electron chi connectivity index (χ0n) is 54.7. The SMILES string of the molecule is CC[C@H](NC)C(=O)N[C@@H]1C(=O)N2[C@@H](CC[C@@H]1CNC(=O)CCCNc1c(NCCCCCC(=O)C(NC(=O)[C@@H]3CC[C@@H]4CC[C@H](CO)[C@H](NC(=O)[C@H](CC)NC)C(=O)N43)(c3ccccc3)c3ccccc3)c(=O)c1=O)CC[C@H]2C(=O)CC(c1ccccc1)c1ccccc1. The van der Waals surface area contributed by atoms with Crippen LogP contribution >= 0.6 is 0 Å². The number of unbranched alkanes of at least 4 members (excludes halogenated alkanes) is 2. The molecule has 4 heterocycles. The van der Waals surface area contributed by atoms with Gasteiger partial charge in [0.1, 0.15) is 35.0 Å². The predicted molar refractivity (Wildman–Crippen MR) is 360 cm³/mol. The lowest BCUT2D eigenvalue weighted by Crippen LogP contribution is -2.61. The number of anilines is 2. The lowest BCUT2D eigenvalue weighted by Gasteiger charge is -2.38. The second-order valence-corrected chi connectivity index (χ2v) is 25.7. The summed E-state index contributed by atoms with van der Waals surface area (Å²) in [6.07, 6.45) is 7.24. The fourth-order valence-corrected chi connectivity index (χ4v) is 14.8. The quantitative estimate of drug-likeness (QED) is 0.0186. The zero-order chi connectivity index (χ0) is 66.9. The predicted octanol–water partition coefficient (Wildman–Crippen LogP) is 5.48. The number of aliphatic hydroxyl groups excluding tert-OH is 1. The van der Waals surface area contributed by atoms with E-state index >= 15 is 4.79 Å². The van der Waals surface area contributed by atoms with E-state index in [9.17, 15) is 48.3 Å². The Hall–Kier alpha value is -8.40. The summed E-state index contributed by atoms with van der Waals surface area (Å²) in [7, 11) is 3.35. The van der Waals surface area contributed by atoms with Gasteiger partial charge in [-0.05, 0) is 120 Å². The number of carbonyl (C=O) groups is 8. The Balaban J connectivity index is 0.776. The Bertz CT molecular complexity index is 3390. The van der Waals surface area contributed by atoms with Gasteiger partial charge in [0.2, 0.25) is 35.4 Å². The Morgan fingerprint density at radius 3 is 1.50 bits per heavy atom. The van der Waals surface area contributed by atoms with Crippen molar-refractivity contribution in [3.05, 3.63) is 164 Å². The molecule has 0 unspecified atom stereocenters. The third-order valence-corrected chi connectivity index (χ3v) is 20.1. The van der Waals surface area contributed by atoms with E-state index in [1.54, 1.807) is 72.4 Å². The average molecular weight is 1290 g/mol. The zero-order valence-corrected chi connectivity index (χ0v) is 54.7. The molecule has 0 aliphatic carbocycles. The van der Waals surface area contributed by atoms with Gasteiger partial charge in [0.15, 0.2) is 11.6 Å². The Kier molecular flexibility index (Phi) is 24.6. The van der Waals surface area contributed by atoms with Crippen molar-refractivity contribution < 1.29 is 43.5 Å². The third-order valence-electron chi connectivity index (χ3n) is 20.1. The number of hydrogen-bond donors (Lipinski definition) is 9. The molecule has 4 aliphatic heterocycles. The van der Waals surface area contributed by atoms with E-state index in [-0.39, 0.29) is 104 Å². The summed E-state index contributed by atoms with van der Waals surface area (Å²) in [6, 6.07) is 32.6. The Morgan fingerprint density at radius 2 is 1.00 bits per heavy atom. The highest BCUT2D eigenvalue weighted by atomic mass is 16.3. The molecule has 0 aromatic heterocycles. The minimum Gasteiger partial charge on any atom is -0.396 e. The van der Waals surface area contributed by atoms with Crippen molar-refractivity contribution in [2.75, 3.05) is 51.0 Å². The molecule has 4 fully saturated rings. The average Bonchev–Trinajstić information content (AvgIpc) is 1.15. The first-order valence-electron chi connectivity index (χ1n) is 34.0. The number of benzene rings is 4. The van der Waals surface area contributed by atoms with Gasteiger partial charge in [0.05, 0.1) is 18.1 Å². The molecule has 0 saturated carbocycles. The maximum atomic E-state index is 15.1. The largest absolute Gasteiger partial charge is 0.396 e. The van der Waals surface area contributed by atoms with Crippen LogP contribution in [0.5, 0.6) is 0 Å². The van der Waals surface area contributed by atoms with Crippen LogP contribution in [0.15, 0.2) is 131 Å². The fourth-order valence-electron chi connectivity index (χ4n) is 14.8. The van der Waals surface area contributed by atoms with Gasteiger partial charge in [-0.1, -0.05) is 142 Å². The van der Waals surface area contributed by atoms with Crippen molar-refractivity contribution in [3.8, 4) is 0 Å². The van der Waals surface area contributed by atoms with Crippen LogP contribution < -0.4 is 53.4 Å². The second kappa shape index (κ2) is 33.1. The van der Waals surface area contributed by atoms with Crippen molar-refractivity contribution in [2.24, 2.45) is 11.8 Å². The number of rotatable bonds is 33. The molecule has 21 nitrogen and oxygen atoms in total. The Morgan fingerprint density at radius 1 is 0.543 bits per heavy atom. The van der Waals surface area contributed by atoms with Crippen molar-refractivity contribution >= 4 is 58.4 Å². The molecule has 9 rings (SSSR count). The first-order valence-corrected chi connectivity index (χ1v) is 34.0. The number of Topliss-reactive ketones (excluding diaryl/α,β-unsaturated/α-hetero) is 2. The van der Waals surface area contributed by atoms with Crippen molar-refractivity contribution in [3.63, 3.8) is 0 Å². The van der Waals surface area contributed by atoms with Gasteiger partial charge in [-0.15, -0.1) is 0 Å². The number of ketones is 2. The standard InChI is InChI=1S/C73H94N10O11/c1-5-55(74-3)68(90)79-62-48(33-35-52-37-39-57(82(52)71(62)93)59(85)43-54(46-23-12-7-13-24-46)47-25-14-8-15-26-47)44-78-61(87)32-22-42-77-65-64(66(88)67(65)89)76-41-21-11-20-31-60(86)73(50-27-16-9-17-28-50,51-29-18-10-19-30-51)81-70(92)58-40-38-53-36-34-49(45-84)63(72(94)83(53)58)80-69(91)56(6-2)75-4/h7-10,12-19,23-30,48-49,52-58,62-63,74-77,84H,5-6,11,20-22,31-45H2,1-4H3,(H,78,87)(H,79,90)(H,80,91)(H,81,92)/t48-,49-,52+,53+,55+,56+,57+,58+,62+,63+/m1/s1. The van der Waals surface area contributed by atoms with Crippen molar-refractivity contribution in [2.45, 2.75) is 183 Å². The molecule has 5 aromatic rings. The molecule has 4 aliphatic rings. The Labute approximate surface area is 550 Å². The molecule has 0 bridgehead atoms. The summed E-state index contributed by atoms with van der Waals surface area (Å²) in [6.45, 7) is 4.03. The summed E-state index contributed by atoms with van der Waals surface area (Å²) in [5.74, 6) is -3.79. The molecular formula is C73H94N10O11. The number of fused-ring (bicyclic) bond motifs is 2. The molecule has 6 amide bonds. The molecule has 4 saturated heterocycles. The van der Waals surface area contributed by atoms with Gasteiger partial charge in [0.25, 0.3) is 10.9 Å². The number of aliphatic hydroxyl groups is 1.